The van der Waals surface area contributed by atoms with Gasteiger partial charge in [0.1, 0.15) is 11.6 Å². The third-order valence-corrected chi connectivity index (χ3v) is 4.29. The lowest BCUT2D eigenvalue weighted by atomic mass is 10.1. The highest BCUT2D eigenvalue weighted by atomic mass is 16.6. The van der Waals surface area contributed by atoms with Gasteiger partial charge >= 0.3 is 18.0 Å². The number of hydrogen-bond acceptors (Lipinski definition) is 7. The number of amides is 2. The lowest BCUT2D eigenvalue weighted by molar-refractivity contribution is -0.120. The summed E-state index contributed by atoms with van der Waals surface area (Å²) in [5.41, 5.74) is -0.352. The van der Waals surface area contributed by atoms with Crippen LogP contribution in [0.4, 0.5) is 10.5 Å². The minimum Gasteiger partial charge on any atom is -0.465 e. The highest BCUT2D eigenvalue weighted by molar-refractivity contribution is 6.05. The van der Waals surface area contributed by atoms with Gasteiger partial charge in [-0.2, -0.15) is 0 Å². The van der Waals surface area contributed by atoms with Crippen molar-refractivity contribution in [3.8, 4) is 0 Å². The van der Waals surface area contributed by atoms with E-state index in [2.05, 4.69) is 10.1 Å². The van der Waals surface area contributed by atoms with Gasteiger partial charge in [-0.25, -0.2) is 14.4 Å². The second kappa shape index (κ2) is 8.93. The predicted molar refractivity (Wildman–Crippen MR) is 104 cm³/mol. The van der Waals surface area contributed by atoms with Crippen LogP contribution >= 0.6 is 0 Å². The lowest BCUT2D eigenvalue weighted by Gasteiger charge is -2.28. The fourth-order valence-electron chi connectivity index (χ4n) is 2.97. The summed E-state index contributed by atoms with van der Waals surface area (Å²) >= 11 is 0. The van der Waals surface area contributed by atoms with Gasteiger partial charge in [0.2, 0.25) is 5.91 Å². The van der Waals surface area contributed by atoms with E-state index in [1.165, 1.54) is 37.3 Å². The maximum Gasteiger partial charge on any atom is 0.410 e. The summed E-state index contributed by atoms with van der Waals surface area (Å²) in [6.07, 6.45) is 0.519. The summed E-state index contributed by atoms with van der Waals surface area (Å²) in [6.45, 7) is 5.63. The van der Waals surface area contributed by atoms with Crippen LogP contribution in [0.3, 0.4) is 0 Å². The second-order valence-corrected chi connectivity index (χ2v) is 7.56. The van der Waals surface area contributed by atoms with Gasteiger partial charge in [0.15, 0.2) is 0 Å². The number of benzene rings is 1. The molecule has 0 bridgehead atoms. The van der Waals surface area contributed by atoms with Crippen LogP contribution < -0.4 is 5.32 Å². The van der Waals surface area contributed by atoms with E-state index in [0.29, 0.717) is 19.4 Å². The molecule has 1 fully saturated rings. The van der Waals surface area contributed by atoms with E-state index in [0.717, 1.165) is 0 Å². The molecule has 1 aliphatic heterocycles. The maximum atomic E-state index is 12.9. The van der Waals surface area contributed by atoms with Crippen molar-refractivity contribution in [3.63, 3.8) is 0 Å². The van der Waals surface area contributed by atoms with Crippen LogP contribution in [0.1, 0.15) is 54.3 Å². The van der Waals surface area contributed by atoms with Crippen molar-refractivity contribution >= 4 is 29.6 Å². The summed E-state index contributed by atoms with van der Waals surface area (Å²) in [4.78, 5) is 50.5. The van der Waals surface area contributed by atoms with Crippen molar-refractivity contribution < 1.29 is 33.4 Å². The number of carbonyl (C=O) groups excluding carboxylic acids is 4. The van der Waals surface area contributed by atoms with Crippen molar-refractivity contribution in [2.75, 3.05) is 26.1 Å². The number of ether oxygens (including phenoxy) is 3. The molecule has 0 radical (unpaired) electrons. The van der Waals surface area contributed by atoms with E-state index in [1.807, 2.05) is 0 Å². The van der Waals surface area contributed by atoms with Crippen molar-refractivity contribution in [3.05, 3.63) is 29.3 Å². The Balaban J connectivity index is 2.27. The van der Waals surface area contributed by atoms with Crippen molar-refractivity contribution in [1.82, 2.24) is 4.90 Å². The molecule has 29 heavy (non-hydrogen) atoms. The van der Waals surface area contributed by atoms with E-state index in [4.69, 9.17) is 9.47 Å². The minimum atomic E-state index is -0.753. The van der Waals surface area contributed by atoms with Crippen LogP contribution in [0.5, 0.6) is 0 Å². The Morgan fingerprint density at radius 2 is 1.72 bits per heavy atom. The first-order valence-electron chi connectivity index (χ1n) is 9.18. The summed E-state index contributed by atoms with van der Waals surface area (Å²) in [5, 5.41) is 2.64. The van der Waals surface area contributed by atoms with Crippen LogP contribution in [0.25, 0.3) is 0 Å². The molecule has 0 spiro atoms. The Hall–Kier alpha value is -3.10. The molecule has 0 aliphatic carbocycles. The molecule has 1 saturated heterocycles. The molecule has 1 aromatic rings. The Morgan fingerprint density at radius 3 is 2.31 bits per heavy atom. The van der Waals surface area contributed by atoms with Crippen LogP contribution in [0.2, 0.25) is 0 Å². The molecule has 1 aliphatic rings. The monoisotopic (exact) mass is 406 g/mol. The molecule has 2 rings (SSSR count). The first-order valence-corrected chi connectivity index (χ1v) is 9.18. The summed E-state index contributed by atoms with van der Waals surface area (Å²) < 4.78 is 14.8. The van der Waals surface area contributed by atoms with Gasteiger partial charge < -0.3 is 19.5 Å². The summed E-state index contributed by atoms with van der Waals surface area (Å²) in [6, 6.07) is 3.35. The van der Waals surface area contributed by atoms with Crippen LogP contribution in [-0.4, -0.2) is 61.2 Å². The summed E-state index contributed by atoms with van der Waals surface area (Å²) in [7, 11) is 2.44. The first-order chi connectivity index (χ1) is 13.6. The average molecular weight is 406 g/mol. The van der Waals surface area contributed by atoms with Crippen molar-refractivity contribution in [1.29, 1.82) is 0 Å². The number of methoxy groups -OCH3 is 2. The Bertz CT molecular complexity index is 814. The standard InChI is InChI=1S/C20H26N2O7/c1-20(2,3)29-19(26)22-10-6-7-15(22)16(23)21-14-11-12(17(24)27-4)8-9-13(14)18(25)28-5/h8-9,11,15H,6-7,10H2,1-5H3,(H,21,23)/t15-/m1/s1. The van der Waals surface area contributed by atoms with E-state index in [-0.39, 0.29) is 16.8 Å². The van der Waals surface area contributed by atoms with E-state index >= 15 is 0 Å². The normalized spacial score (nSPS) is 16.2. The number of esters is 2. The zero-order chi connectivity index (χ0) is 21.8. The number of rotatable bonds is 4. The highest BCUT2D eigenvalue weighted by Crippen LogP contribution is 2.24. The molecule has 1 heterocycles. The predicted octanol–water partition coefficient (Wildman–Crippen LogP) is 2.60. The fourth-order valence-corrected chi connectivity index (χ4v) is 2.97. The van der Waals surface area contributed by atoms with E-state index < -0.39 is 35.6 Å². The highest BCUT2D eigenvalue weighted by Gasteiger charge is 2.37. The van der Waals surface area contributed by atoms with Gasteiger partial charge in [0.25, 0.3) is 0 Å². The fraction of sp³-hybridized carbons (Fsp3) is 0.500. The van der Waals surface area contributed by atoms with Gasteiger partial charge in [-0.05, 0) is 51.8 Å². The quantitative estimate of drug-likeness (QED) is 0.604. The molecule has 158 valence electrons. The Labute approximate surface area is 169 Å². The van der Waals surface area contributed by atoms with E-state index in [9.17, 15) is 19.2 Å². The molecule has 1 atom stereocenters. The largest absolute Gasteiger partial charge is 0.465 e. The molecule has 1 aromatic carbocycles. The van der Waals surface area contributed by atoms with Crippen molar-refractivity contribution in [2.45, 2.75) is 45.3 Å². The lowest BCUT2D eigenvalue weighted by Crippen LogP contribution is -2.45. The molecular weight excluding hydrogens is 380 g/mol. The number of likely N-dealkylation sites (tertiary alicyclic amines) is 1. The number of hydrogen-bond donors (Lipinski definition) is 1. The molecule has 9 nitrogen and oxygen atoms in total. The van der Waals surface area contributed by atoms with E-state index in [1.54, 1.807) is 20.8 Å². The Kier molecular flexibility index (Phi) is 6.84. The van der Waals surface area contributed by atoms with Gasteiger partial charge in [0, 0.05) is 6.54 Å². The third-order valence-electron chi connectivity index (χ3n) is 4.29. The number of anilines is 1. The molecule has 0 saturated carbocycles. The van der Waals surface area contributed by atoms with Gasteiger partial charge in [-0.15, -0.1) is 0 Å². The molecule has 0 unspecified atom stereocenters. The molecule has 0 aromatic heterocycles. The van der Waals surface area contributed by atoms with Crippen molar-refractivity contribution in [2.24, 2.45) is 0 Å². The second-order valence-electron chi connectivity index (χ2n) is 7.56. The summed E-state index contributed by atoms with van der Waals surface area (Å²) in [5.74, 6) is -1.78. The number of nitrogens with one attached hydrogen (secondary N) is 1. The van der Waals surface area contributed by atoms with Gasteiger partial charge in [0.05, 0.1) is 31.0 Å². The SMILES string of the molecule is COC(=O)c1ccc(C(=O)OC)c(NC(=O)[C@H]2CCCN2C(=O)OC(C)(C)C)c1. The van der Waals surface area contributed by atoms with Gasteiger partial charge in [-0.1, -0.05) is 0 Å². The Morgan fingerprint density at radius 1 is 1.07 bits per heavy atom. The maximum absolute atomic E-state index is 12.9. The third kappa shape index (κ3) is 5.46. The number of nitrogens with zero attached hydrogens (tertiary/aromatic N) is 1. The first kappa shape index (κ1) is 22.2. The van der Waals surface area contributed by atoms with Crippen LogP contribution in [0.15, 0.2) is 18.2 Å². The zero-order valence-corrected chi connectivity index (χ0v) is 17.2. The zero-order valence-electron chi connectivity index (χ0n) is 17.2. The molecule has 1 N–H and O–H groups in total. The van der Waals surface area contributed by atoms with Gasteiger partial charge in [-0.3, -0.25) is 9.69 Å². The molecule has 9 heteroatoms. The smallest absolute Gasteiger partial charge is 0.410 e. The molecular formula is C20H26N2O7. The average Bonchev–Trinajstić information content (AvgIpc) is 3.15. The minimum absolute atomic E-state index is 0.0790. The van der Waals surface area contributed by atoms with Crippen LogP contribution in [-0.2, 0) is 19.0 Å². The number of carbonyl (C=O) groups is 4. The molecule has 2 amide bonds. The topological polar surface area (TPSA) is 111 Å². The van der Waals surface area contributed by atoms with Crippen LogP contribution in [0, 0.1) is 0 Å².